The number of aromatic nitrogens is 3. The Bertz CT molecular complexity index is 514. The van der Waals surface area contributed by atoms with Gasteiger partial charge in [-0.05, 0) is 43.5 Å². The van der Waals surface area contributed by atoms with Crippen molar-refractivity contribution in [1.29, 1.82) is 0 Å². The fourth-order valence-electron chi connectivity index (χ4n) is 1.71. The van der Waals surface area contributed by atoms with Gasteiger partial charge < -0.3 is 5.73 Å². The predicted octanol–water partition coefficient (Wildman–Crippen LogP) is 2.03. The molecule has 0 saturated carbocycles. The summed E-state index contributed by atoms with van der Waals surface area (Å²) in [4.78, 5) is 0. The highest BCUT2D eigenvalue weighted by Crippen LogP contribution is 2.17. The molecule has 0 unspecified atom stereocenters. The van der Waals surface area contributed by atoms with E-state index >= 15 is 0 Å². The average molecular weight is 216 g/mol. The van der Waals surface area contributed by atoms with Crippen LogP contribution < -0.4 is 5.73 Å². The zero-order chi connectivity index (χ0) is 11.7. The van der Waals surface area contributed by atoms with Gasteiger partial charge in [-0.25, -0.2) is 4.68 Å². The maximum absolute atomic E-state index is 5.76. The number of nitrogens with two attached hydrogens (primary N) is 1. The summed E-state index contributed by atoms with van der Waals surface area (Å²) in [5.41, 5.74) is 10.3. The van der Waals surface area contributed by atoms with Crippen molar-refractivity contribution in [3.63, 3.8) is 0 Å². The summed E-state index contributed by atoms with van der Waals surface area (Å²) in [5.74, 6) is 0.515. The summed E-state index contributed by atoms with van der Waals surface area (Å²) in [6.07, 6.45) is 0.825. The molecule has 0 aliphatic carbocycles. The Morgan fingerprint density at radius 1 is 1.25 bits per heavy atom. The van der Waals surface area contributed by atoms with Crippen LogP contribution in [0.4, 0.5) is 5.82 Å². The lowest BCUT2D eigenvalue weighted by atomic mass is 10.1. The van der Waals surface area contributed by atoms with Crippen LogP contribution in [-0.2, 0) is 6.42 Å². The van der Waals surface area contributed by atoms with Gasteiger partial charge in [0.25, 0.3) is 0 Å². The zero-order valence-electron chi connectivity index (χ0n) is 9.86. The minimum atomic E-state index is 0.515. The van der Waals surface area contributed by atoms with Gasteiger partial charge in [-0.1, -0.05) is 18.2 Å². The van der Waals surface area contributed by atoms with Gasteiger partial charge in [0.1, 0.15) is 0 Å². The van der Waals surface area contributed by atoms with Crippen LogP contribution in [0.2, 0.25) is 0 Å². The van der Waals surface area contributed by atoms with Crippen molar-refractivity contribution in [3.8, 4) is 5.69 Å². The normalized spacial score (nSPS) is 10.7. The van der Waals surface area contributed by atoms with Crippen molar-refractivity contribution in [3.05, 3.63) is 35.0 Å². The summed E-state index contributed by atoms with van der Waals surface area (Å²) in [6.45, 7) is 6.23. The average Bonchev–Trinajstić information content (AvgIpc) is 2.63. The largest absolute Gasteiger partial charge is 0.381 e. The van der Waals surface area contributed by atoms with Crippen LogP contribution in [0.15, 0.2) is 18.2 Å². The minimum Gasteiger partial charge on any atom is -0.381 e. The van der Waals surface area contributed by atoms with E-state index in [0.717, 1.165) is 17.8 Å². The molecule has 0 spiro atoms. The van der Waals surface area contributed by atoms with E-state index in [9.17, 15) is 0 Å². The summed E-state index contributed by atoms with van der Waals surface area (Å²) < 4.78 is 1.81. The maximum Gasteiger partial charge on any atom is 0.169 e. The number of hydrogen-bond acceptors (Lipinski definition) is 3. The van der Waals surface area contributed by atoms with Crippen molar-refractivity contribution in [2.24, 2.45) is 0 Å². The van der Waals surface area contributed by atoms with Gasteiger partial charge in [0.15, 0.2) is 5.82 Å². The van der Waals surface area contributed by atoms with Crippen molar-refractivity contribution in [2.45, 2.75) is 27.2 Å². The Labute approximate surface area is 95.1 Å². The molecule has 0 fully saturated rings. The van der Waals surface area contributed by atoms with Gasteiger partial charge >= 0.3 is 0 Å². The number of nitrogen functional groups attached to an aromatic ring is 1. The smallest absolute Gasteiger partial charge is 0.169 e. The van der Waals surface area contributed by atoms with Gasteiger partial charge in [-0.2, -0.15) is 0 Å². The van der Waals surface area contributed by atoms with Gasteiger partial charge in [0.2, 0.25) is 0 Å². The molecule has 0 radical (unpaired) electrons. The first kappa shape index (κ1) is 10.7. The second kappa shape index (κ2) is 3.96. The first-order valence-corrected chi connectivity index (χ1v) is 5.41. The first-order chi connectivity index (χ1) is 7.63. The van der Waals surface area contributed by atoms with E-state index in [4.69, 9.17) is 5.73 Å². The molecule has 0 saturated heterocycles. The fourth-order valence-corrected chi connectivity index (χ4v) is 1.71. The highest BCUT2D eigenvalue weighted by Gasteiger charge is 2.09. The van der Waals surface area contributed by atoms with E-state index in [1.807, 2.05) is 17.7 Å². The van der Waals surface area contributed by atoms with Gasteiger partial charge in [-0.15, -0.1) is 5.10 Å². The lowest BCUT2D eigenvalue weighted by molar-refractivity contribution is 0.766. The molecule has 0 amide bonds. The van der Waals surface area contributed by atoms with Crippen molar-refractivity contribution in [1.82, 2.24) is 15.0 Å². The summed E-state index contributed by atoms with van der Waals surface area (Å²) >= 11 is 0. The number of rotatable bonds is 2. The molecule has 4 nitrogen and oxygen atoms in total. The molecule has 0 aliphatic rings. The van der Waals surface area contributed by atoms with Crippen LogP contribution in [0.5, 0.6) is 0 Å². The molecule has 0 bridgehead atoms. The van der Waals surface area contributed by atoms with Crippen LogP contribution in [0, 0.1) is 13.8 Å². The Morgan fingerprint density at radius 3 is 2.62 bits per heavy atom. The molecule has 2 rings (SSSR count). The molecule has 16 heavy (non-hydrogen) atoms. The number of nitrogens with zero attached hydrogens (tertiary/aromatic N) is 3. The second-order valence-electron chi connectivity index (χ2n) is 3.96. The van der Waals surface area contributed by atoms with Crippen LogP contribution >= 0.6 is 0 Å². The highest BCUT2D eigenvalue weighted by molar-refractivity contribution is 5.44. The van der Waals surface area contributed by atoms with Crippen molar-refractivity contribution >= 4 is 5.82 Å². The third-order valence-electron chi connectivity index (χ3n) is 2.86. The van der Waals surface area contributed by atoms with Crippen LogP contribution in [0.25, 0.3) is 5.69 Å². The molecular formula is C12H16N4. The van der Waals surface area contributed by atoms with E-state index in [1.54, 1.807) is 0 Å². The Hall–Kier alpha value is -1.84. The van der Waals surface area contributed by atoms with E-state index in [1.165, 1.54) is 11.1 Å². The van der Waals surface area contributed by atoms with Crippen LogP contribution in [0.1, 0.15) is 23.7 Å². The van der Waals surface area contributed by atoms with Crippen molar-refractivity contribution in [2.75, 3.05) is 5.73 Å². The summed E-state index contributed by atoms with van der Waals surface area (Å²) in [7, 11) is 0. The SMILES string of the molecule is CCc1c(N)nnn1-c1ccc(C)c(C)c1. The number of anilines is 1. The maximum atomic E-state index is 5.76. The number of benzene rings is 1. The molecular weight excluding hydrogens is 200 g/mol. The Morgan fingerprint density at radius 2 is 2.00 bits per heavy atom. The van der Waals surface area contributed by atoms with E-state index in [-0.39, 0.29) is 0 Å². The molecule has 1 heterocycles. The minimum absolute atomic E-state index is 0.515. The zero-order valence-corrected chi connectivity index (χ0v) is 9.86. The van der Waals surface area contributed by atoms with Gasteiger partial charge in [0.05, 0.1) is 11.4 Å². The highest BCUT2D eigenvalue weighted by atomic mass is 15.4. The van der Waals surface area contributed by atoms with Crippen LogP contribution in [-0.4, -0.2) is 15.0 Å². The molecule has 0 aliphatic heterocycles. The standard InChI is InChI=1S/C12H16N4/c1-4-11-12(13)14-15-16(11)10-6-5-8(2)9(3)7-10/h5-7H,4,13H2,1-3H3. The molecule has 84 valence electrons. The third-order valence-corrected chi connectivity index (χ3v) is 2.86. The molecule has 2 N–H and O–H groups in total. The lowest BCUT2D eigenvalue weighted by Crippen LogP contribution is -2.03. The molecule has 0 atom stereocenters. The summed E-state index contributed by atoms with van der Waals surface area (Å²) in [6, 6.07) is 6.22. The predicted molar refractivity (Wildman–Crippen MR) is 64.6 cm³/mol. The first-order valence-electron chi connectivity index (χ1n) is 5.41. The molecule has 1 aromatic carbocycles. The third kappa shape index (κ3) is 1.66. The van der Waals surface area contributed by atoms with Crippen molar-refractivity contribution < 1.29 is 0 Å². The fraction of sp³-hybridized carbons (Fsp3) is 0.333. The van der Waals surface area contributed by atoms with E-state index < -0.39 is 0 Å². The molecule has 4 heteroatoms. The lowest BCUT2D eigenvalue weighted by Gasteiger charge is -2.07. The Kier molecular flexibility index (Phi) is 2.64. The second-order valence-corrected chi connectivity index (χ2v) is 3.96. The molecule has 1 aromatic heterocycles. The quantitative estimate of drug-likeness (QED) is 0.835. The Balaban J connectivity index is 2.54. The number of hydrogen-bond donors (Lipinski definition) is 1. The van der Waals surface area contributed by atoms with E-state index in [2.05, 4.69) is 36.3 Å². The monoisotopic (exact) mass is 216 g/mol. The van der Waals surface area contributed by atoms with E-state index in [0.29, 0.717) is 5.82 Å². The topological polar surface area (TPSA) is 56.7 Å². The van der Waals surface area contributed by atoms with Crippen LogP contribution in [0.3, 0.4) is 0 Å². The number of aryl methyl sites for hydroxylation is 2. The van der Waals surface area contributed by atoms with Gasteiger partial charge in [-0.3, -0.25) is 0 Å². The summed E-state index contributed by atoms with van der Waals surface area (Å²) in [5, 5.41) is 7.98. The molecule has 2 aromatic rings. The van der Waals surface area contributed by atoms with Gasteiger partial charge in [0, 0.05) is 0 Å².